The minimum atomic E-state index is -0.254. The van der Waals surface area contributed by atoms with Crippen molar-refractivity contribution in [1.82, 2.24) is 30.0 Å². The third kappa shape index (κ3) is 2.01. The number of rotatable bonds is 2. The maximum Gasteiger partial charge on any atom is 0.296 e. The lowest BCUT2D eigenvalue weighted by atomic mass is 10.1. The minimum Gasteiger partial charge on any atom is -0.275 e. The summed E-state index contributed by atoms with van der Waals surface area (Å²) in [7, 11) is 0. The van der Waals surface area contributed by atoms with Gasteiger partial charge in [0.25, 0.3) is 5.56 Å². The van der Waals surface area contributed by atoms with E-state index in [9.17, 15) is 4.79 Å². The lowest BCUT2D eigenvalue weighted by Gasteiger charge is -1.92. The van der Waals surface area contributed by atoms with Crippen molar-refractivity contribution < 1.29 is 0 Å². The number of aromatic amines is 1. The van der Waals surface area contributed by atoms with Crippen LogP contribution in [0.15, 0.2) is 41.2 Å². The number of hydrogen-bond acceptors (Lipinski definition) is 6. The molecule has 0 saturated heterocycles. The monoisotopic (exact) mass is 310 g/mol. The molecule has 0 saturated carbocycles. The number of aromatic nitrogens is 6. The Labute approximate surface area is 128 Å². The Morgan fingerprint density at radius 2 is 2.00 bits per heavy atom. The van der Waals surface area contributed by atoms with E-state index in [2.05, 4.69) is 25.5 Å². The third-order valence-corrected chi connectivity index (χ3v) is 4.16. The van der Waals surface area contributed by atoms with Gasteiger partial charge in [0.2, 0.25) is 4.96 Å². The van der Waals surface area contributed by atoms with Crippen LogP contribution in [0.1, 0.15) is 5.69 Å². The molecule has 0 bridgehead atoms. The van der Waals surface area contributed by atoms with Gasteiger partial charge in [0.05, 0.1) is 11.4 Å². The van der Waals surface area contributed by atoms with Gasteiger partial charge in [-0.2, -0.15) is 9.61 Å². The molecule has 108 valence electrons. The molecule has 0 amide bonds. The Bertz CT molecular complexity index is 1020. The Morgan fingerprint density at radius 3 is 2.82 bits per heavy atom. The highest BCUT2D eigenvalue weighted by atomic mass is 32.1. The van der Waals surface area contributed by atoms with E-state index in [0.29, 0.717) is 15.7 Å². The largest absolute Gasteiger partial charge is 0.296 e. The first-order chi connectivity index (χ1) is 10.7. The molecule has 0 radical (unpaired) electrons. The molecule has 0 atom stereocenters. The van der Waals surface area contributed by atoms with Crippen LogP contribution in [0, 0.1) is 6.92 Å². The molecule has 7 nitrogen and oxygen atoms in total. The highest BCUT2D eigenvalue weighted by molar-refractivity contribution is 7.19. The van der Waals surface area contributed by atoms with Gasteiger partial charge in [-0.1, -0.05) is 41.7 Å². The summed E-state index contributed by atoms with van der Waals surface area (Å²) in [6.45, 7) is 1.62. The Hall–Kier alpha value is -2.87. The molecule has 4 rings (SSSR count). The Morgan fingerprint density at radius 1 is 1.18 bits per heavy atom. The Kier molecular flexibility index (Phi) is 2.83. The van der Waals surface area contributed by atoms with Crippen LogP contribution in [0.4, 0.5) is 0 Å². The van der Waals surface area contributed by atoms with Crippen LogP contribution in [0.2, 0.25) is 0 Å². The van der Waals surface area contributed by atoms with Crippen molar-refractivity contribution in [2.45, 2.75) is 6.92 Å². The second-order valence-electron chi connectivity index (χ2n) is 4.73. The molecule has 0 spiro atoms. The van der Waals surface area contributed by atoms with Crippen molar-refractivity contribution in [2.24, 2.45) is 0 Å². The van der Waals surface area contributed by atoms with Crippen LogP contribution < -0.4 is 5.56 Å². The highest BCUT2D eigenvalue weighted by Gasteiger charge is 2.13. The predicted octanol–water partition coefficient (Wildman–Crippen LogP) is 1.91. The summed E-state index contributed by atoms with van der Waals surface area (Å²) in [5, 5.41) is 20.0. The number of benzene rings is 1. The molecule has 0 unspecified atom stereocenters. The van der Waals surface area contributed by atoms with Gasteiger partial charge in [0.15, 0.2) is 5.01 Å². The molecule has 0 fully saturated rings. The summed E-state index contributed by atoms with van der Waals surface area (Å²) in [5.41, 5.74) is 2.65. The summed E-state index contributed by atoms with van der Waals surface area (Å²) >= 11 is 1.29. The number of nitrogens with one attached hydrogen (secondary N) is 1. The molecular formula is C14H10N6OS. The SMILES string of the molecule is Cc1nnc2sc(-c3cc(-c4ccccc4)n[nH]3)nn2c1=O. The molecule has 0 aliphatic heterocycles. The second-order valence-corrected chi connectivity index (χ2v) is 5.68. The van der Waals surface area contributed by atoms with Crippen molar-refractivity contribution in [1.29, 1.82) is 0 Å². The summed E-state index contributed by atoms with van der Waals surface area (Å²) in [4.78, 5) is 12.4. The van der Waals surface area contributed by atoms with Crippen LogP contribution in [0.3, 0.4) is 0 Å². The van der Waals surface area contributed by atoms with Gasteiger partial charge >= 0.3 is 0 Å². The van der Waals surface area contributed by atoms with Gasteiger partial charge in [-0.25, -0.2) is 0 Å². The van der Waals surface area contributed by atoms with E-state index in [1.165, 1.54) is 15.9 Å². The molecule has 0 aliphatic carbocycles. The number of fused-ring (bicyclic) bond motifs is 1. The lowest BCUT2D eigenvalue weighted by Crippen LogP contribution is -2.19. The smallest absolute Gasteiger partial charge is 0.275 e. The molecule has 0 aliphatic rings. The van der Waals surface area contributed by atoms with Crippen molar-refractivity contribution in [3.63, 3.8) is 0 Å². The van der Waals surface area contributed by atoms with Crippen molar-refractivity contribution >= 4 is 16.3 Å². The third-order valence-electron chi connectivity index (χ3n) is 3.23. The van der Waals surface area contributed by atoms with Crippen LogP contribution in [0.5, 0.6) is 0 Å². The molecular weight excluding hydrogens is 300 g/mol. The average Bonchev–Trinajstić information content (AvgIpc) is 3.19. The zero-order chi connectivity index (χ0) is 15.1. The average molecular weight is 310 g/mol. The normalized spacial score (nSPS) is 11.1. The van der Waals surface area contributed by atoms with E-state index in [4.69, 9.17) is 0 Å². The summed E-state index contributed by atoms with van der Waals surface area (Å²) in [6, 6.07) is 11.7. The van der Waals surface area contributed by atoms with E-state index in [1.54, 1.807) is 6.92 Å². The van der Waals surface area contributed by atoms with Crippen molar-refractivity contribution in [3.8, 4) is 22.0 Å². The van der Waals surface area contributed by atoms with Crippen LogP contribution in [0.25, 0.3) is 26.9 Å². The molecule has 1 N–H and O–H groups in total. The van der Waals surface area contributed by atoms with Gasteiger partial charge in [0, 0.05) is 5.56 Å². The number of nitrogens with zero attached hydrogens (tertiary/aromatic N) is 5. The van der Waals surface area contributed by atoms with Crippen LogP contribution >= 0.6 is 11.3 Å². The fourth-order valence-electron chi connectivity index (χ4n) is 2.09. The van der Waals surface area contributed by atoms with E-state index in [0.717, 1.165) is 17.0 Å². The highest BCUT2D eigenvalue weighted by Crippen LogP contribution is 2.26. The zero-order valence-corrected chi connectivity index (χ0v) is 12.3. The second kappa shape index (κ2) is 4.85. The topological polar surface area (TPSA) is 88.8 Å². The molecule has 8 heteroatoms. The number of H-pyrrole nitrogens is 1. The van der Waals surface area contributed by atoms with E-state index in [1.807, 2.05) is 36.4 Å². The summed E-state index contributed by atoms with van der Waals surface area (Å²) < 4.78 is 1.27. The van der Waals surface area contributed by atoms with E-state index >= 15 is 0 Å². The molecule has 4 aromatic rings. The quantitative estimate of drug-likeness (QED) is 0.611. The zero-order valence-electron chi connectivity index (χ0n) is 11.5. The first-order valence-corrected chi connectivity index (χ1v) is 7.38. The van der Waals surface area contributed by atoms with Gasteiger partial charge in [-0.3, -0.25) is 9.89 Å². The van der Waals surface area contributed by atoms with E-state index < -0.39 is 0 Å². The van der Waals surface area contributed by atoms with Gasteiger partial charge in [-0.15, -0.1) is 15.3 Å². The fraction of sp³-hybridized carbons (Fsp3) is 0.0714. The molecule has 1 aromatic carbocycles. The van der Waals surface area contributed by atoms with Crippen molar-refractivity contribution in [2.75, 3.05) is 0 Å². The number of hydrogen-bond donors (Lipinski definition) is 1. The lowest BCUT2D eigenvalue weighted by molar-refractivity contribution is 0.828. The Balaban J connectivity index is 1.81. The molecule has 3 aromatic heterocycles. The van der Waals surface area contributed by atoms with Gasteiger partial charge in [-0.05, 0) is 13.0 Å². The minimum absolute atomic E-state index is 0.254. The maximum atomic E-state index is 12.0. The molecule has 3 heterocycles. The first-order valence-electron chi connectivity index (χ1n) is 6.57. The summed E-state index contributed by atoms with van der Waals surface area (Å²) in [5.74, 6) is 0. The van der Waals surface area contributed by atoms with Crippen LogP contribution in [-0.2, 0) is 0 Å². The standard InChI is InChI=1S/C14H10N6OS/c1-8-13(21)20-14(18-15-8)22-12(19-20)11-7-10(16-17-11)9-5-3-2-4-6-9/h2-7H,1H3,(H,16,17). The van der Waals surface area contributed by atoms with E-state index in [-0.39, 0.29) is 5.56 Å². The number of aryl methyl sites for hydroxylation is 1. The fourth-order valence-corrected chi connectivity index (χ4v) is 2.89. The summed E-state index contributed by atoms with van der Waals surface area (Å²) in [6.07, 6.45) is 0. The van der Waals surface area contributed by atoms with Crippen LogP contribution in [-0.4, -0.2) is 30.0 Å². The first kappa shape index (κ1) is 12.8. The maximum absolute atomic E-state index is 12.0. The van der Waals surface area contributed by atoms with Crippen molar-refractivity contribution in [3.05, 3.63) is 52.4 Å². The van der Waals surface area contributed by atoms with Gasteiger partial charge in [0.1, 0.15) is 5.69 Å². The predicted molar refractivity (Wildman–Crippen MR) is 82.7 cm³/mol. The molecule has 22 heavy (non-hydrogen) atoms. The van der Waals surface area contributed by atoms with Gasteiger partial charge < -0.3 is 0 Å².